The molecule has 1 saturated carbocycles. The lowest BCUT2D eigenvalue weighted by Gasteiger charge is -2.02. The van der Waals surface area contributed by atoms with Crippen LogP contribution in [0.1, 0.15) is 49.0 Å². The molecule has 1 atom stereocenters. The van der Waals surface area contributed by atoms with Crippen LogP contribution in [0, 0.1) is 5.41 Å². The van der Waals surface area contributed by atoms with Crippen LogP contribution in [0.25, 0.3) is 0 Å². The summed E-state index contributed by atoms with van der Waals surface area (Å²) in [6.45, 7) is 1.11. The van der Waals surface area contributed by atoms with Crippen molar-refractivity contribution in [1.82, 2.24) is 15.5 Å². The maximum Gasteiger partial charge on any atom is 0.490 e. The normalized spacial score (nSPS) is 19.9. The van der Waals surface area contributed by atoms with Crippen LogP contribution in [-0.2, 0) is 17.6 Å². The Morgan fingerprint density at radius 3 is 2.50 bits per heavy atom. The minimum atomic E-state index is -5.08. The quantitative estimate of drug-likeness (QED) is 0.800. The molecular weight excluding hydrogens is 375 g/mol. The topological polar surface area (TPSA) is 88.2 Å². The molecule has 2 N–H and O–H groups in total. The van der Waals surface area contributed by atoms with Crippen LogP contribution in [0.4, 0.5) is 13.2 Å². The van der Waals surface area contributed by atoms with Crippen LogP contribution >= 0.6 is 0 Å². The Hall–Kier alpha value is -2.42. The highest BCUT2D eigenvalue weighted by Crippen LogP contribution is 2.54. The van der Waals surface area contributed by atoms with Crippen LogP contribution in [0.3, 0.4) is 0 Å². The molecule has 152 valence electrons. The number of alkyl halides is 3. The van der Waals surface area contributed by atoms with E-state index in [0.29, 0.717) is 5.41 Å². The zero-order valence-electron chi connectivity index (χ0n) is 15.2. The van der Waals surface area contributed by atoms with E-state index in [2.05, 4.69) is 45.8 Å². The van der Waals surface area contributed by atoms with Gasteiger partial charge in [0, 0.05) is 13.0 Å². The summed E-state index contributed by atoms with van der Waals surface area (Å²) in [6, 6.07) is 10.8. The number of carbonyl (C=O) groups is 1. The minimum Gasteiger partial charge on any atom is -0.475 e. The fourth-order valence-electron chi connectivity index (χ4n) is 3.26. The summed E-state index contributed by atoms with van der Waals surface area (Å²) in [5.74, 6) is -1.12. The van der Waals surface area contributed by atoms with E-state index in [9.17, 15) is 13.2 Å². The number of aromatic nitrogens is 2. The van der Waals surface area contributed by atoms with E-state index in [1.807, 2.05) is 0 Å². The summed E-state index contributed by atoms with van der Waals surface area (Å²) in [5.41, 5.74) is 1.93. The molecule has 0 amide bonds. The van der Waals surface area contributed by atoms with Crippen LogP contribution in [0.5, 0.6) is 0 Å². The highest BCUT2D eigenvalue weighted by atomic mass is 19.4. The van der Waals surface area contributed by atoms with Gasteiger partial charge < -0.3 is 14.9 Å². The molecule has 2 heterocycles. The first-order valence-corrected chi connectivity index (χ1v) is 9.17. The van der Waals surface area contributed by atoms with Crippen molar-refractivity contribution in [2.45, 2.75) is 50.7 Å². The number of aliphatic carboxylic acids is 1. The second kappa shape index (κ2) is 8.30. The fourth-order valence-corrected chi connectivity index (χ4v) is 3.26. The van der Waals surface area contributed by atoms with Crippen molar-refractivity contribution in [2.24, 2.45) is 5.41 Å². The lowest BCUT2D eigenvalue weighted by atomic mass is 10.0. The first kappa shape index (κ1) is 20.3. The van der Waals surface area contributed by atoms with Gasteiger partial charge in [0.05, 0.1) is 6.04 Å². The Labute approximate surface area is 160 Å². The van der Waals surface area contributed by atoms with Gasteiger partial charge in [-0.25, -0.2) is 4.79 Å². The lowest BCUT2D eigenvalue weighted by molar-refractivity contribution is -0.192. The van der Waals surface area contributed by atoms with Crippen molar-refractivity contribution in [3.05, 3.63) is 47.6 Å². The second-order valence-corrected chi connectivity index (χ2v) is 7.33. The summed E-state index contributed by atoms with van der Waals surface area (Å²) in [6.07, 6.45) is 1.80. The standard InChI is InChI=1S/C17H21N3O.C2HF3O2/c1-2-5-13(6-3-1)7-4-8-15-19-16(21-20-15)14-11-17(9-10-17)12-18-14;3-2(4,5)1(6)7/h1-3,5-6,14,18H,4,7-12H2;(H,6,7)/t14-;/m0./s1. The Morgan fingerprint density at radius 1 is 1.25 bits per heavy atom. The third kappa shape index (κ3) is 5.54. The second-order valence-electron chi connectivity index (χ2n) is 7.33. The van der Waals surface area contributed by atoms with E-state index in [4.69, 9.17) is 14.4 Å². The van der Waals surface area contributed by atoms with Crippen LogP contribution in [-0.4, -0.2) is 33.9 Å². The van der Waals surface area contributed by atoms with Crippen molar-refractivity contribution in [1.29, 1.82) is 0 Å². The molecule has 4 rings (SSSR count). The Kier molecular flexibility index (Phi) is 6.02. The predicted molar refractivity (Wildman–Crippen MR) is 93.5 cm³/mol. The molecule has 6 nitrogen and oxygen atoms in total. The molecule has 0 radical (unpaired) electrons. The molecule has 1 aromatic heterocycles. The monoisotopic (exact) mass is 397 g/mol. The van der Waals surface area contributed by atoms with Crippen molar-refractivity contribution in [3.63, 3.8) is 0 Å². The van der Waals surface area contributed by atoms with Gasteiger partial charge in [0.1, 0.15) is 0 Å². The number of hydrogen-bond donors (Lipinski definition) is 2. The van der Waals surface area contributed by atoms with Gasteiger partial charge in [0.2, 0.25) is 5.89 Å². The summed E-state index contributed by atoms with van der Waals surface area (Å²) in [7, 11) is 0. The number of nitrogens with zero attached hydrogens (tertiary/aromatic N) is 2. The third-order valence-electron chi connectivity index (χ3n) is 5.05. The lowest BCUT2D eigenvalue weighted by Crippen LogP contribution is -2.21. The van der Waals surface area contributed by atoms with Gasteiger partial charge in [-0.3, -0.25) is 0 Å². The van der Waals surface area contributed by atoms with Crippen molar-refractivity contribution in [3.8, 4) is 0 Å². The van der Waals surface area contributed by atoms with E-state index in [1.165, 1.54) is 24.8 Å². The molecular formula is C19H22F3N3O3. The van der Waals surface area contributed by atoms with E-state index in [-0.39, 0.29) is 6.04 Å². The molecule has 0 unspecified atom stereocenters. The van der Waals surface area contributed by atoms with E-state index in [1.54, 1.807) is 0 Å². The molecule has 1 spiro atoms. The first-order chi connectivity index (χ1) is 13.3. The molecule has 1 saturated heterocycles. The summed E-state index contributed by atoms with van der Waals surface area (Å²) in [5, 5.41) is 14.8. The molecule has 0 bridgehead atoms. The molecule has 9 heteroatoms. The van der Waals surface area contributed by atoms with E-state index >= 15 is 0 Å². The number of carboxylic acids is 1. The maximum atomic E-state index is 10.6. The molecule has 28 heavy (non-hydrogen) atoms. The average Bonchev–Trinajstić information content (AvgIpc) is 3.04. The van der Waals surface area contributed by atoms with Gasteiger partial charge >= 0.3 is 12.1 Å². The van der Waals surface area contributed by atoms with Gasteiger partial charge in [-0.15, -0.1) is 0 Å². The van der Waals surface area contributed by atoms with Gasteiger partial charge in [0.25, 0.3) is 0 Å². The summed E-state index contributed by atoms with van der Waals surface area (Å²) < 4.78 is 37.2. The predicted octanol–water partition coefficient (Wildman–Crippen LogP) is 3.69. The van der Waals surface area contributed by atoms with Gasteiger partial charge in [-0.05, 0) is 43.1 Å². The summed E-state index contributed by atoms with van der Waals surface area (Å²) in [4.78, 5) is 13.5. The number of nitrogens with one attached hydrogen (secondary N) is 1. The Bertz CT molecular complexity index is 788. The largest absolute Gasteiger partial charge is 0.490 e. The fraction of sp³-hybridized carbons (Fsp3) is 0.526. The van der Waals surface area contributed by atoms with Gasteiger partial charge in [0.15, 0.2) is 5.82 Å². The number of carboxylic acid groups (broad SMARTS) is 1. The minimum absolute atomic E-state index is 0.280. The Morgan fingerprint density at radius 2 is 1.93 bits per heavy atom. The van der Waals surface area contributed by atoms with Crippen LogP contribution < -0.4 is 5.32 Å². The molecule has 2 fully saturated rings. The molecule has 1 aliphatic carbocycles. The summed E-state index contributed by atoms with van der Waals surface area (Å²) >= 11 is 0. The van der Waals surface area contributed by atoms with Crippen LogP contribution in [0.2, 0.25) is 0 Å². The highest BCUT2D eigenvalue weighted by molar-refractivity contribution is 5.73. The van der Waals surface area contributed by atoms with E-state index in [0.717, 1.165) is 37.5 Å². The average molecular weight is 397 g/mol. The number of rotatable bonds is 5. The van der Waals surface area contributed by atoms with Gasteiger partial charge in [-0.2, -0.15) is 18.2 Å². The zero-order valence-corrected chi connectivity index (χ0v) is 15.2. The van der Waals surface area contributed by atoms with Crippen molar-refractivity contribution in [2.75, 3.05) is 6.54 Å². The maximum absolute atomic E-state index is 10.6. The SMILES string of the molecule is O=C(O)C(F)(F)F.c1ccc(CCCc2noc([C@@H]3CC4(CC4)CN3)n2)cc1. The van der Waals surface area contributed by atoms with Crippen molar-refractivity contribution < 1.29 is 27.6 Å². The zero-order chi connectivity index (χ0) is 20.2. The highest BCUT2D eigenvalue weighted by Gasteiger charge is 2.49. The number of aryl methyl sites for hydroxylation is 2. The number of hydrogen-bond acceptors (Lipinski definition) is 5. The van der Waals surface area contributed by atoms with Crippen molar-refractivity contribution >= 4 is 5.97 Å². The van der Waals surface area contributed by atoms with Gasteiger partial charge in [-0.1, -0.05) is 35.5 Å². The smallest absolute Gasteiger partial charge is 0.475 e. The molecule has 1 aromatic carbocycles. The Balaban J connectivity index is 0.000000279. The molecule has 1 aliphatic heterocycles. The molecule has 2 aromatic rings. The van der Waals surface area contributed by atoms with Crippen LogP contribution in [0.15, 0.2) is 34.9 Å². The third-order valence-corrected chi connectivity index (χ3v) is 5.05. The first-order valence-electron chi connectivity index (χ1n) is 9.17. The molecule has 2 aliphatic rings. The number of halogens is 3. The van der Waals surface area contributed by atoms with E-state index < -0.39 is 12.1 Å². The number of benzene rings is 1.